The second-order valence-corrected chi connectivity index (χ2v) is 5.61. The van der Waals surface area contributed by atoms with Gasteiger partial charge in [0.2, 0.25) is 5.89 Å². The maximum Gasteiger partial charge on any atom is 0.211 e. The van der Waals surface area contributed by atoms with Crippen LogP contribution in [0.5, 0.6) is 0 Å². The smallest absolute Gasteiger partial charge is 0.211 e. The summed E-state index contributed by atoms with van der Waals surface area (Å²) < 4.78 is 18.4. The Kier molecular flexibility index (Phi) is 3.57. The zero-order chi connectivity index (χ0) is 14.1. The van der Waals surface area contributed by atoms with Gasteiger partial charge < -0.3 is 9.73 Å². The topological polar surface area (TPSA) is 38.1 Å². The van der Waals surface area contributed by atoms with Crippen LogP contribution in [0.2, 0.25) is 0 Å². The summed E-state index contributed by atoms with van der Waals surface area (Å²) in [6.45, 7) is 3.97. The SMILES string of the molecule is Cc1cnc(C(C)NC2CC(c3ccc(F)cc3)C2)o1. The van der Waals surface area contributed by atoms with Crippen LogP contribution in [-0.4, -0.2) is 11.0 Å². The van der Waals surface area contributed by atoms with Gasteiger partial charge in [0.05, 0.1) is 12.2 Å². The lowest BCUT2D eigenvalue weighted by molar-refractivity contribution is 0.254. The first-order valence-electron chi connectivity index (χ1n) is 7.05. The average molecular weight is 274 g/mol. The first-order valence-corrected chi connectivity index (χ1v) is 7.05. The maximum absolute atomic E-state index is 12.9. The summed E-state index contributed by atoms with van der Waals surface area (Å²) in [5.41, 5.74) is 1.23. The predicted octanol–water partition coefficient (Wildman–Crippen LogP) is 3.72. The molecule has 1 fully saturated rings. The molecule has 0 radical (unpaired) electrons. The Morgan fingerprint density at radius 2 is 2.00 bits per heavy atom. The molecule has 3 nitrogen and oxygen atoms in total. The van der Waals surface area contributed by atoms with E-state index in [0.29, 0.717) is 12.0 Å². The van der Waals surface area contributed by atoms with E-state index < -0.39 is 0 Å². The van der Waals surface area contributed by atoms with E-state index in [1.54, 1.807) is 6.20 Å². The minimum absolute atomic E-state index is 0.128. The molecule has 1 aromatic carbocycles. The largest absolute Gasteiger partial charge is 0.444 e. The van der Waals surface area contributed by atoms with Crippen molar-refractivity contribution in [2.45, 2.75) is 44.7 Å². The molecule has 1 saturated carbocycles. The zero-order valence-corrected chi connectivity index (χ0v) is 11.8. The second-order valence-electron chi connectivity index (χ2n) is 5.61. The lowest BCUT2D eigenvalue weighted by atomic mass is 9.75. The summed E-state index contributed by atoms with van der Waals surface area (Å²) in [5.74, 6) is 1.95. The lowest BCUT2D eigenvalue weighted by Gasteiger charge is -2.37. The molecule has 4 heteroatoms. The van der Waals surface area contributed by atoms with Crippen molar-refractivity contribution in [3.8, 4) is 0 Å². The molecular weight excluding hydrogens is 255 g/mol. The van der Waals surface area contributed by atoms with Crippen LogP contribution in [0.1, 0.15) is 48.9 Å². The number of benzene rings is 1. The van der Waals surface area contributed by atoms with Crippen molar-refractivity contribution in [1.82, 2.24) is 10.3 Å². The minimum Gasteiger partial charge on any atom is -0.444 e. The lowest BCUT2D eigenvalue weighted by Crippen LogP contribution is -2.41. The molecule has 1 atom stereocenters. The monoisotopic (exact) mass is 274 g/mol. The molecule has 0 aliphatic heterocycles. The number of halogens is 1. The van der Waals surface area contributed by atoms with Gasteiger partial charge in [0.1, 0.15) is 11.6 Å². The minimum atomic E-state index is -0.171. The van der Waals surface area contributed by atoms with Gasteiger partial charge in [-0.2, -0.15) is 0 Å². The van der Waals surface area contributed by atoms with Gasteiger partial charge in [0.25, 0.3) is 0 Å². The molecule has 0 saturated heterocycles. The van der Waals surface area contributed by atoms with Gasteiger partial charge in [0.15, 0.2) is 0 Å². The summed E-state index contributed by atoms with van der Waals surface area (Å²) in [6, 6.07) is 7.45. The van der Waals surface area contributed by atoms with Gasteiger partial charge in [0, 0.05) is 6.04 Å². The highest BCUT2D eigenvalue weighted by atomic mass is 19.1. The van der Waals surface area contributed by atoms with Gasteiger partial charge in [-0.05, 0) is 50.3 Å². The number of aromatic nitrogens is 1. The van der Waals surface area contributed by atoms with Crippen LogP contribution in [0.25, 0.3) is 0 Å². The summed E-state index contributed by atoms with van der Waals surface area (Å²) in [5, 5.41) is 3.53. The third-order valence-corrected chi connectivity index (χ3v) is 3.97. The van der Waals surface area contributed by atoms with E-state index in [1.807, 2.05) is 19.1 Å². The van der Waals surface area contributed by atoms with Crippen LogP contribution >= 0.6 is 0 Å². The molecule has 1 N–H and O–H groups in total. The highest BCUT2D eigenvalue weighted by Gasteiger charge is 2.31. The number of rotatable bonds is 4. The molecule has 0 bridgehead atoms. The van der Waals surface area contributed by atoms with Gasteiger partial charge in [-0.1, -0.05) is 12.1 Å². The highest BCUT2D eigenvalue weighted by Crippen LogP contribution is 2.37. The van der Waals surface area contributed by atoms with E-state index in [0.717, 1.165) is 24.5 Å². The molecule has 20 heavy (non-hydrogen) atoms. The summed E-state index contributed by atoms with van der Waals surface area (Å²) >= 11 is 0. The molecule has 1 aliphatic carbocycles. The van der Waals surface area contributed by atoms with Crippen LogP contribution in [0.4, 0.5) is 4.39 Å². The van der Waals surface area contributed by atoms with Crippen molar-refractivity contribution < 1.29 is 8.81 Å². The van der Waals surface area contributed by atoms with Crippen LogP contribution in [-0.2, 0) is 0 Å². The second kappa shape index (κ2) is 5.37. The summed E-state index contributed by atoms with van der Waals surface area (Å²) in [6.07, 6.45) is 3.90. The summed E-state index contributed by atoms with van der Waals surface area (Å²) in [4.78, 5) is 4.24. The molecule has 106 valence electrons. The average Bonchev–Trinajstić information content (AvgIpc) is 2.81. The maximum atomic E-state index is 12.9. The number of nitrogens with zero attached hydrogens (tertiary/aromatic N) is 1. The van der Waals surface area contributed by atoms with Crippen molar-refractivity contribution in [1.29, 1.82) is 0 Å². The molecule has 1 aliphatic rings. The Hall–Kier alpha value is -1.68. The molecule has 1 heterocycles. The number of hydrogen-bond acceptors (Lipinski definition) is 3. The Labute approximate surface area is 118 Å². The van der Waals surface area contributed by atoms with Crippen molar-refractivity contribution in [3.05, 3.63) is 53.5 Å². The molecule has 1 aromatic heterocycles. The van der Waals surface area contributed by atoms with E-state index >= 15 is 0 Å². The number of aryl methyl sites for hydroxylation is 1. The quantitative estimate of drug-likeness (QED) is 0.923. The Morgan fingerprint density at radius 3 is 2.60 bits per heavy atom. The van der Waals surface area contributed by atoms with E-state index in [9.17, 15) is 4.39 Å². The van der Waals surface area contributed by atoms with E-state index in [2.05, 4.69) is 17.2 Å². The molecule has 2 aromatic rings. The molecule has 0 amide bonds. The zero-order valence-electron chi connectivity index (χ0n) is 11.8. The first-order chi connectivity index (χ1) is 9.61. The van der Waals surface area contributed by atoms with Crippen molar-refractivity contribution in [3.63, 3.8) is 0 Å². The third kappa shape index (κ3) is 2.75. The van der Waals surface area contributed by atoms with Gasteiger partial charge in [-0.25, -0.2) is 9.37 Å². The Morgan fingerprint density at radius 1 is 1.30 bits per heavy atom. The van der Waals surface area contributed by atoms with Crippen LogP contribution in [0.3, 0.4) is 0 Å². The molecule has 3 rings (SSSR count). The Bertz CT molecular complexity index is 572. The van der Waals surface area contributed by atoms with Crippen LogP contribution in [0.15, 0.2) is 34.9 Å². The number of oxazole rings is 1. The summed E-state index contributed by atoms with van der Waals surface area (Å²) in [7, 11) is 0. The van der Waals surface area contributed by atoms with E-state index in [-0.39, 0.29) is 11.9 Å². The fraction of sp³-hybridized carbons (Fsp3) is 0.438. The van der Waals surface area contributed by atoms with Gasteiger partial charge >= 0.3 is 0 Å². The van der Waals surface area contributed by atoms with E-state index in [4.69, 9.17) is 4.42 Å². The number of hydrogen-bond donors (Lipinski definition) is 1. The standard InChI is InChI=1S/C16H19FN2O/c1-10-9-18-16(20-10)11(2)19-15-7-13(8-15)12-3-5-14(17)6-4-12/h3-6,9,11,13,15,19H,7-8H2,1-2H3. The predicted molar refractivity (Wildman–Crippen MR) is 75.0 cm³/mol. The Balaban J connectivity index is 1.52. The van der Waals surface area contributed by atoms with Gasteiger partial charge in [-0.3, -0.25) is 0 Å². The first kappa shape index (κ1) is 13.3. The molecular formula is C16H19FN2O. The van der Waals surface area contributed by atoms with E-state index in [1.165, 1.54) is 17.7 Å². The van der Waals surface area contributed by atoms with Crippen molar-refractivity contribution >= 4 is 0 Å². The van der Waals surface area contributed by atoms with Crippen LogP contribution < -0.4 is 5.32 Å². The van der Waals surface area contributed by atoms with Gasteiger partial charge in [-0.15, -0.1) is 0 Å². The third-order valence-electron chi connectivity index (χ3n) is 3.97. The normalized spacial score (nSPS) is 23.4. The molecule has 0 spiro atoms. The van der Waals surface area contributed by atoms with Crippen molar-refractivity contribution in [2.75, 3.05) is 0 Å². The van der Waals surface area contributed by atoms with Crippen molar-refractivity contribution in [2.24, 2.45) is 0 Å². The molecule has 1 unspecified atom stereocenters. The number of nitrogens with one attached hydrogen (secondary N) is 1. The fourth-order valence-electron chi connectivity index (χ4n) is 2.76. The highest BCUT2D eigenvalue weighted by molar-refractivity contribution is 5.23. The fourth-order valence-corrected chi connectivity index (χ4v) is 2.76. The van der Waals surface area contributed by atoms with Crippen LogP contribution in [0, 0.1) is 12.7 Å².